The van der Waals surface area contributed by atoms with Gasteiger partial charge in [0.25, 0.3) is 0 Å². The number of benzene rings is 1. The van der Waals surface area contributed by atoms with Crippen molar-refractivity contribution < 1.29 is 4.74 Å². The number of nitrogens with zero attached hydrogens (tertiary/aromatic N) is 1. The van der Waals surface area contributed by atoms with E-state index in [0.717, 1.165) is 23.7 Å². The van der Waals surface area contributed by atoms with E-state index in [-0.39, 0.29) is 0 Å². The van der Waals surface area contributed by atoms with E-state index >= 15 is 0 Å². The minimum atomic E-state index is 0.379. The second kappa shape index (κ2) is 5.90. The van der Waals surface area contributed by atoms with Gasteiger partial charge >= 0.3 is 0 Å². The van der Waals surface area contributed by atoms with Gasteiger partial charge in [0, 0.05) is 22.8 Å². The van der Waals surface area contributed by atoms with Crippen molar-refractivity contribution in [1.29, 1.82) is 0 Å². The smallest absolute Gasteiger partial charge is 0.0779 e. The fourth-order valence-electron chi connectivity index (χ4n) is 3.34. The van der Waals surface area contributed by atoms with E-state index in [1.54, 1.807) is 0 Å². The number of hydrogen-bond acceptors (Lipinski definition) is 2. The Balaban J connectivity index is 1.94. The lowest BCUT2D eigenvalue weighted by Gasteiger charge is -2.45. The molecule has 1 aliphatic heterocycles. The summed E-state index contributed by atoms with van der Waals surface area (Å²) >= 11 is 12.4. The third-order valence-corrected chi connectivity index (χ3v) is 4.89. The Morgan fingerprint density at radius 3 is 2.95 bits per heavy atom. The van der Waals surface area contributed by atoms with Crippen LogP contribution >= 0.6 is 23.2 Å². The molecular formula is C15H19Cl2NO. The topological polar surface area (TPSA) is 12.5 Å². The van der Waals surface area contributed by atoms with E-state index in [1.165, 1.54) is 31.4 Å². The van der Waals surface area contributed by atoms with Crippen LogP contribution in [-0.4, -0.2) is 25.3 Å². The molecule has 104 valence electrons. The molecule has 4 heteroatoms. The SMILES string of the molecule is ClCc1c(Cl)cccc1N1CCOC2CCCCC21. The first-order valence-electron chi connectivity index (χ1n) is 7.03. The monoisotopic (exact) mass is 299 g/mol. The number of anilines is 1. The van der Waals surface area contributed by atoms with Crippen LogP contribution in [-0.2, 0) is 10.6 Å². The van der Waals surface area contributed by atoms with Crippen LogP contribution in [0.4, 0.5) is 5.69 Å². The Bertz CT molecular complexity index is 450. The molecule has 1 saturated heterocycles. The van der Waals surface area contributed by atoms with Crippen molar-refractivity contribution >= 4 is 28.9 Å². The van der Waals surface area contributed by atoms with Crippen LogP contribution < -0.4 is 4.90 Å². The van der Waals surface area contributed by atoms with Crippen molar-refractivity contribution in [3.63, 3.8) is 0 Å². The lowest BCUT2D eigenvalue weighted by atomic mass is 9.89. The zero-order valence-electron chi connectivity index (χ0n) is 10.9. The van der Waals surface area contributed by atoms with Gasteiger partial charge in [0.05, 0.1) is 24.6 Å². The molecule has 1 heterocycles. The Morgan fingerprint density at radius 1 is 1.26 bits per heavy atom. The second-order valence-electron chi connectivity index (χ2n) is 5.33. The van der Waals surface area contributed by atoms with E-state index < -0.39 is 0 Å². The van der Waals surface area contributed by atoms with Gasteiger partial charge in [-0.2, -0.15) is 0 Å². The van der Waals surface area contributed by atoms with Crippen LogP contribution in [0, 0.1) is 0 Å². The maximum Gasteiger partial charge on any atom is 0.0779 e. The molecule has 3 rings (SSSR count). The van der Waals surface area contributed by atoms with Crippen molar-refractivity contribution in [2.45, 2.75) is 43.7 Å². The number of hydrogen-bond donors (Lipinski definition) is 0. The van der Waals surface area contributed by atoms with Crippen molar-refractivity contribution in [3.8, 4) is 0 Å². The highest BCUT2D eigenvalue weighted by Gasteiger charge is 2.35. The normalized spacial score (nSPS) is 27.2. The Morgan fingerprint density at radius 2 is 2.11 bits per heavy atom. The maximum absolute atomic E-state index is 6.28. The van der Waals surface area contributed by atoms with E-state index in [2.05, 4.69) is 11.0 Å². The summed E-state index contributed by atoms with van der Waals surface area (Å²) in [6.07, 6.45) is 5.34. The molecule has 1 aliphatic carbocycles. The van der Waals surface area contributed by atoms with Crippen molar-refractivity contribution in [2.75, 3.05) is 18.1 Å². The third-order valence-electron chi connectivity index (χ3n) is 4.27. The largest absolute Gasteiger partial charge is 0.374 e. The first-order chi connectivity index (χ1) is 9.31. The van der Waals surface area contributed by atoms with Gasteiger partial charge in [-0.3, -0.25) is 0 Å². The molecule has 19 heavy (non-hydrogen) atoms. The molecule has 2 aliphatic rings. The zero-order valence-corrected chi connectivity index (χ0v) is 12.5. The summed E-state index contributed by atoms with van der Waals surface area (Å²) in [6, 6.07) is 6.56. The first-order valence-corrected chi connectivity index (χ1v) is 7.94. The summed E-state index contributed by atoms with van der Waals surface area (Å²) in [5, 5.41) is 0.770. The van der Waals surface area contributed by atoms with E-state index in [0.29, 0.717) is 18.0 Å². The average Bonchev–Trinajstić information content (AvgIpc) is 2.46. The summed E-state index contributed by atoms with van der Waals surface area (Å²) < 4.78 is 5.93. The molecule has 2 atom stereocenters. The third kappa shape index (κ3) is 2.58. The lowest BCUT2D eigenvalue weighted by Crippen LogP contribution is -2.53. The molecule has 0 radical (unpaired) electrons. The summed E-state index contributed by atoms with van der Waals surface area (Å²) in [5.74, 6) is 0.462. The molecule has 1 aromatic carbocycles. The van der Waals surface area contributed by atoms with Crippen LogP contribution in [0.1, 0.15) is 31.2 Å². The molecule has 0 N–H and O–H groups in total. The molecule has 0 spiro atoms. The van der Waals surface area contributed by atoms with Crippen LogP contribution in [0.5, 0.6) is 0 Å². The molecule has 1 saturated carbocycles. The number of morpholine rings is 1. The maximum atomic E-state index is 6.28. The number of halogens is 2. The standard InChI is InChI=1S/C15H19Cl2NO/c16-10-11-12(17)4-3-6-13(11)18-8-9-19-15-7-2-1-5-14(15)18/h3-4,6,14-15H,1-2,5,7-10H2. The Kier molecular flexibility index (Phi) is 4.21. The zero-order chi connectivity index (χ0) is 13.2. The molecule has 2 nitrogen and oxygen atoms in total. The summed E-state index contributed by atoms with van der Waals surface area (Å²) in [7, 11) is 0. The molecule has 2 fully saturated rings. The fraction of sp³-hybridized carbons (Fsp3) is 0.600. The highest BCUT2D eigenvalue weighted by atomic mass is 35.5. The van der Waals surface area contributed by atoms with E-state index in [9.17, 15) is 0 Å². The van der Waals surface area contributed by atoms with E-state index in [1.807, 2.05) is 12.1 Å². The van der Waals surface area contributed by atoms with Gasteiger partial charge < -0.3 is 9.64 Å². The van der Waals surface area contributed by atoms with Gasteiger partial charge in [-0.15, -0.1) is 11.6 Å². The Labute approximate surface area is 124 Å². The van der Waals surface area contributed by atoms with Crippen LogP contribution in [0.3, 0.4) is 0 Å². The summed E-state index contributed by atoms with van der Waals surface area (Å²) in [4.78, 5) is 2.47. The number of rotatable bonds is 2. The molecular weight excluding hydrogens is 281 g/mol. The quantitative estimate of drug-likeness (QED) is 0.758. The fourth-order valence-corrected chi connectivity index (χ4v) is 3.93. The predicted octanol–water partition coefficient (Wildman–Crippen LogP) is 4.23. The van der Waals surface area contributed by atoms with Gasteiger partial charge in [0.1, 0.15) is 0 Å². The average molecular weight is 300 g/mol. The molecule has 0 bridgehead atoms. The predicted molar refractivity (Wildman–Crippen MR) is 80.4 cm³/mol. The molecule has 0 aromatic heterocycles. The highest BCUT2D eigenvalue weighted by molar-refractivity contribution is 6.32. The second-order valence-corrected chi connectivity index (χ2v) is 6.00. The Hall–Kier alpha value is -0.440. The van der Waals surface area contributed by atoms with Gasteiger partial charge in [-0.25, -0.2) is 0 Å². The van der Waals surface area contributed by atoms with Gasteiger partial charge in [-0.05, 0) is 25.0 Å². The van der Waals surface area contributed by atoms with Crippen molar-refractivity contribution in [3.05, 3.63) is 28.8 Å². The number of fused-ring (bicyclic) bond motifs is 1. The van der Waals surface area contributed by atoms with Crippen LogP contribution in [0.15, 0.2) is 18.2 Å². The molecule has 2 unspecified atom stereocenters. The highest BCUT2D eigenvalue weighted by Crippen LogP contribution is 2.36. The summed E-state index contributed by atoms with van der Waals surface area (Å²) in [5.41, 5.74) is 2.25. The number of alkyl halides is 1. The number of ether oxygens (including phenoxy) is 1. The minimum Gasteiger partial charge on any atom is -0.374 e. The van der Waals surface area contributed by atoms with Crippen LogP contribution in [0.2, 0.25) is 5.02 Å². The van der Waals surface area contributed by atoms with Gasteiger partial charge in [0.15, 0.2) is 0 Å². The van der Waals surface area contributed by atoms with Gasteiger partial charge in [-0.1, -0.05) is 30.5 Å². The first kappa shape index (κ1) is 13.5. The van der Waals surface area contributed by atoms with Gasteiger partial charge in [0.2, 0.25) is 0 Å². The van der Waals surface area contributed by atoms with E-state index in [4.69, 9.17) is 27.9 Å². The minimum absolute atomic E-state index is 0.379. The van der Waals surface area contributed by atoms with Crippen molar-refractivity contribution in [1.82, 2.24) is 0 Å². The van der Waals surface area contributed by atoms with Crippen molar-refractivity contribution in [2.24, 2.45) is 0 Å². The molecule has 0 amide bonds. The van der Waals surface area contributed by atoms with Crippen LogP contribution in [0.25, 0.3) is 0 Å². The molecule has 1 aromatic rings. The lowest BCUT2D eigenvalue weighted by molar-refractivity contribution is -0.00872. The summed E-state index contributed by atoms with van der Waals surface area (Å²) in [6.45, 7) is 1.74.